The summed E-state index contributed by atoms with van der Waals surface area (Å²) in [5.74, 6) is 0. The molecule has 0 aliphatic rings. The maximum absolute atomic E-state index is 4.78. The number of aromatic nitrogens is 3. The van der Waals surface area contributed by atoms with Gasteiger partial charge in [-0.3, -0.25) is 9.58 Å². The molecule has 3 aromatic rings. The fourth-order valence-electron chi connectivity index (χ4n) is 2.60. The summed E-state index contributed by atoms with van der Waals surface area (Å²) in [5, 5.41) is 7.57. The normalized spacial score (nSPS) is 11.3. The largest absolute Gasteiger partial charge is 0.296 e. The molecule has 2 aromatic heterocycles. The van der Waals surface area contributed by atoms with Crippen molar-refractivity contribution in [2.75, 3.05) is 7.05 Å². The van der Waals surface area contributed by atoms with Gasteiger partial charge < -0.3 is 0 Å². The molecule has 0 N–H and O–H groups in total. The Balaban J connectivity index is 1.64. The fourth-order valence-corrected chi connectivity index (χ4v) is 3.40. The predicted octanol–water partition coefficient (Wildman–Crippen LogP) is 3.97. The molecule has 0 aliphatic heterocycles. The van der Waals surface area contributed by atoms with Gasteiger partial charge in [-0.2, -0.15) is 5.10 Å². The first-order chi connectivity index (χ1) is 11.1. The van der Waals surface area contributed by atoms with Gasteiger partial charge in [0.05, 0.1) is 11.9 Å². The SMILES string of the molecule is CCn1cc(CN(C)Cc2csc(-c3cccc(C)c3)n2)cn1. The van der Waals surface area contributed by atoms with E-state index in [0.29, 0.717) is 0 Å². The standard InChI is InChI=1S/C18H22N4S/c1-4-22-11-15(9-19-22)10-21(3)12-17-13-23-18(20-17)16-7-5-6-14(2)8-16/h5-9,11,13H,4,10,12H2,1-3H3. The number of hydrogen-bond donors (Lipinski definition) is 0. The number of hydrogen-bond acceptors (Lipinski definition) is 4. The van der Waals surface area contributed by atoms with Crippen LogP contribution in [0, 0.1) is 6.92 Å². The third-order valence-corrected chi connectivity index (χ3v) is 4.65. The molecule has 0 amide bonds. The highest BCUT2D eigenvalue weighted by atomic mass is 32.1. The Hall–Kier alpha value is -1.98. The molecule has 0 saturated carbocycles. The molecule has 3 rings (SSSR count). The van der Waals surface area contributed by atoms with Crippen LogP contribution >= 0.6 is 11.3 Å². The summed E-state index contributed by atoms with van der Waals surface area (Å²) in [6.07, 6.45) is 4.05. The second kappa shape index (κ2) is 7.06. The monoisotopic (exact) mass is 326 g/mol. The van der Waals surface area contributed by atoms with E-state index in [1.807, 2.05) is 10.9 Å². The first kappa shape index (κ1) is 15.9. The molecule has 0 unspecified atom stereocenters. The Bertz CT molecular complexity index is 775. The molecule has 23 heavy (non-hydrogen) atoms. The second-order valence-electron chi connectivity index (χ2n) is 5.89. The minimum atomic E-state index is 0.847. The van der Waals surface area contributed by atoms with E-state index in [2.05, 4.69) is 66.7 Å². The van der Waals surface area contributed by atoms with E-state index in [-0.39, 0.29) is 0 Å². The Morgan fingerprint density at radius 3 is 2.87 bits per heavy atom. The van der Waals surface area contributed by atoms with Crippen LogP contribution in [-0.2, 0) is 19.6 Å². The molecule has 0 spiro atoms. The van der Waals surface area contributed by atoms with Crippen LogP contribution in [-0.4, -0.2) is 26.7 Å². The van der Waals surface area contributed by atoms with Crippen molar-refractivity contribution in [3.63, 3.8) is 0 Å². The number of aryl methyl sites for hydroxylation is 2. The van der Waals surface area contributed by atoms with Gasteiger partial charge in [0.1, 0.15) is 5.01 Å². The number of benzene rings is 1. The minimum absolute atomic E-state index is 0.847. The molecule has 0 atom stereocenters. The van der Waals surface area contributed by atoms with E-state index >= 15 is 0 Å². The summed E-state index contributed by atoms with van der Waals surface area (Å²) in [6, 6.07) is 8.51. The van der Waals surface area contributed by atoms with Crippen LogP contribution in [0.25, 0.3) is 10.6 Å². The second-order valence-corrected chi connectivity index (χ2v) is 6.75. The quantitative estimate of drug-likeness (QED) is 0.687. The Kier molecular flexibility index (Phi) is 4.88. The van der Waals surface area contributed by atoms with Crippen molar-refractivity contribution in [1.29, 1.82) is 0 Å². The summed E-state index contributed by atoms with van der Waals surface area (Å²) >= 11 is 1.71. The predicted molar refractivity (Wildman–Crippen MR) is 95.4 cm³/mol. The molecule has 0 aliphatic carbocycles. The number of thiazole rings is 1. The molecule has 0 fully saturated rings. The lowest BCUT2D eigenvalue weighted by Crippen LogP contribution is -2.17. The van der Waals surface area contributed by atoms with E-state index in [0.717, 1.165) is 30.3 Å². The highest BCUT2D eigenvalue weighted by Crippen LogP contribution is 2.25. The summed E-state index contributed by atoms with van der Waals surface area (Å²) < 4.78 is 1.96. The molecule has 120 valence electrons. The molecule has 2 heterocycles. The lowest BCUT2D eigenvalue weighted by molar-refractivity contribution is 0.316. The lowest BCUT2D eigenvalue weighted by atomic mass is 10.1. The van der Waals surface area contributed by atoms with Crippen molar-refractivity contribution in [3.05, 3.63) is 58.9 Å². The lowest BCUT2D eigenvalue weighted by Gasteiger charge is -2.13. The summed E-state index contributed by atoms with van der Waals surface area (Å²) in [7, 11) is 2.12. The van der Waals surface area contributed by atoms with Crippen LogP contribution in [0.2, 0.25) is 0 Å². The van der Waals surface area contributed by atoms with Crippen molar-refractivity contribution >= 4 is 11.3 Å². The van der Waals surface area contributed by atoms with Gasteiger partial charge in [0.2, 0.25) is 0 Å². The van der Waals surface area contributed by atoms with Crippen LogP contribution in [0.4, 0.5) is 0 Å². The highest BCUT2D eigenvalue weighted by molar-refractivity contribution is 7.13. The van der Waals surface area contributed by atoms with Crippen LogP contribution in [0.3, 0.4) is 0 Å². The van der Waals surface area contributed by atoms with Gasteiger partial charge in [0.15, 0.2) is 0 Å². The average molecular weight is 326 g/mol. The number of nitrogens with zero attached hydrogens (tertiary/aromatic N) is 4. The molecular weight excluding hydrogens is 304 g/mol. The molecule has 5 heteroatoms. The smallest absolute Gasteiger partial charge is 0.123 e. The summed E-state index contributed by atoms with van der Waals surface area (Å²) in [5.41, 5.74) is 4.83. The first-order valence-electron chi connectivity index (χ1n) is 7.85. The summed E-state index contributed by atoms with van der Waals surface area (Å²) in [6.45, 7) is 6.86. The zero-order chi connectivity index (χ0) is 16.2. The Morgan fingerprint density at radius 2 is 2.13 bits per heavy atom. The molecular formula is C18H22N4S. The third-order valence-electron chi connectivity index (χ3n) is 3.71. The van der Waals surface area contributed by atoms with E-state index in [4.69, 9.17) is 4.98 Å². The van der Waals surface area contributed by atoms with Crippen LogP contribution < -0.4 is 0 Å². The molecule has 1 aromatic carbocycles. The first-order valence-corrected chi connectivity index (χ1v) is 8.73. The van der Waals surface area contributed by atoms with Crippen LogP contribution in [0.1, 0.15) is 23.7 Å². The van der Waals surface area contributed by atoms with Gasteiger partial charge in [-0.05, 0) is 27.0 Å². The number of rotatable bonds is 6. The summed E-state index contributed by atoms with van der Waals surface area (Å²) in [4.78, 5) is 7.05. The van der Waals surface area contributed by atoms with Gasteiger partial charge >= 0.3 is 0 Å². The molecule has 0 bridgehead atoms. The van der Waals surface area contributed by atoms with Crippen molar-refractivity contribution in [2.45, 2.75) is 33.5 Å². The van der Waals surface area contributed by atoms with Crippen molar-refractivity contribution < 1.29 is 0 Å². The van der Waals surface area contributed by atoms with Crippen LogP contribution in [0.15, 0.2) is 42.0 Å². The van der Waals surface area contributed by atoms with E-state index < -0.39 is 0 Å². The average Bonchev–Trinajstić information content (AvgIpc) is 3.16. The van der Waals surface area contributed by atoms with Crippen molar-refractivity contribution in [1.82, 2.24) is 19.7 Å². The zero-order valence-corrected chi connectivity index (χ0v) is 14.7. The van der Waals surface area contributed by atoms with Crippen molar-refractivity contribution in [2.24, 2.45) is 0 Å². The third kappa shape index (κ3) is 4.06. The molecule has 0 radical (unpaired) electrons. The fraction of sp³-hybridized carbons (Fsp3) is 0.333. The van der Waals surface area contributed by atoms with Gasteiger partial charge in [0, 0.05) is 42.3 Å². The zero-order valence-electron chi connectivity index (χ0n) is 13.9. The van der Waals surface area contributed by atoms with Gasteiger partial charge in [0.25, 0.3) is 0 Å². The van der Waals surface area contributed by atoms with Crippen molar-refractivity contribution in [3.8, 4) is 10.6 Å². The highest BCUT2D eigenvalue weighted by Gasteiger charge is 2.08. The maximum Gasteiger partial charge on any atom is 0.123 e. The molecule has 0 saturated heterocycles. The van der Waals surface area contributed by atoms with Gasteiger partial charge in [-0.15, -0.1) is 11.3 Å². The minimum Gasteiger partial charge on any atom is -0.296 e. The van der Waals surface area contributed by atoms with Gasteiger partial charge in [-0.1, -0.05) is 23.8 Å². The van der Waals surface area contributed by atoms with Gasteiger partial charge in [-0.25, -0.2) is 4.98 Å². The van der Waals surface area contributed by atoms with E-state index in [1.165, 1.54) is 16.7 Å². The van der Waals surface area contributed by atoms with E-state index in [1.54, 1.807) is 11.3 Å². The van der Waals surface area contributed by atoms with Crippen LogP contribution in [0.5, 0.6) is 0 Å². The molecule has 4 nitrogen and oxygen atoms in total. The maximum atomic E-state index is 4.78. The topological polar surface area (TPSA) is 34.0 Å². The Labute approximate surface area is 141 Å². The van der Waals surface area contributed by atoms with E-state index in [9.17, 15) is 0 Å². The Morgan fingerprint density at radius 1 is 1.26 bits per heavy atom.